The predicted octanol–water partition coefficient (Wildman–Crippen LogP) is 3.78. The number of esters is 1. The minimum Gasteiger partial charge on any atom is -0.466 e. The van der Waals surface area contributed by atoms with E-state index in [2.05, 4.69) is 10.3 Å². The Morgan fingerprint density at radius 1 is 1.19 bits per heavy atom. The molecule has 1 aromatic heterocycles. The summed E-state index contributed by atoms with van der Waals surface area (Å²) in [6, 6.07) is 9.82. The lowest BCUT2D eigenvalue weighted by atomic mass is 9.95. The van der Waals surface area contributed by atoms with Gasteiger partial charge in [-0.05, 0) is 36.8 Å². The Kier molecular flexibility index (Phi) is 3.72. The molecular formula is C19H15F2N3O2. The molecule has 0 aliphatic carbocycles. The highest BCUT2D eigenvalue weighted by molar-refractivity contribution is 5.94. The molecule has 1 aliphatic rings. The first-order valence-electron chi connectivity index (χ1n) is 7.98. The molecule has 0 saturated heterocycles. The third-order valence-corrected chi connectivity index (χ3v) is 4.44. The number of allylic oxidation sites excluding steroid dienone is 1. The smallest absolute Gasteiger partial charge is 0.337 e. The predicted molar refractivity (Wildman–Crippen MR) is 92.6 cm³/mol. The average Bonchev–Trinajstić information content (AvgIpc) is 2.96. The van der Waals surface area contributed by atoms with Crippen LogP contribution >= 0.6 is 0 Å². The van der Waals surface area contributed by atoms with Crippen molar-refractivity contribution in [3.63, 3.8) is 0 Å². The van der Waals surface area contributed by atoms with Gasteiger partial charge in [-0.25, -0.2) is 18.6 Å². The Labute approximate surface area is 147 Å². The zero-order valence-corrected chi connectivity index (χ0v) is 14.1. The quantitative estimate of drug-likeness (QED) is 0.711. The maximum atomic E-state index is 13.9. The number of para-hydroxylation sites is 2. The molecule has 0 bridgehead atoms. The topological polar surface area (TPSA) is 56.1 Å². The van der Waals surface area contributed by atoms with Crippen LogP contribution in [0.4, 0.5) is 14.7 Å². The monoisotopic (exact) mass is 355 g/mol. The van der Waals surface area contributed by atoms with Gasteiger partial charge >= 0.3 is 5.97 Å². The van der Waals surface area contributed by atoms with Crippen LogP contribution in [0.1, 0.15) is 18.5 Å². The first-order valence-corrected chi connectivity index (χ1v) is 7.98. The first-order chi connectivity index (χ1) is 12.5. The number of hydrogen-bond acceptors (Lipinski definition) is 4. The molecule has 0 spiro atoms. The molecule has 1 aliphatic heterocycles. The van der Waals surface area contributed by atoms with Crippen molar-refractivity contribution in [1.82, 2.24) is 9.55 Å². The third-order valence-electron chi connectivity index (χ3n) is 4.44. The summed E-state index contributed by atoms with van der Waals surface area (Å²) < 4.78 is 34.5. The number of nitrogens with one attached hydrogen (secondary N) is 1. The fourth-order valence-corrected chi connectivity index (χ4v) is 3.39. The summed E-state index contributed by atoms with van der Waals surface area (Å²) in [5.41, 5.74) is 2.53. The Hall–Kier alpha value is -3.22. The molecule has 0 fully saturated rings. The summed E-state index contributed by atoms with van der Waals surface area (Å²) in [6.07, 6.45) is 0. The SMILES string of the molecule is COC(=O)C1=C(C)Nc2nc3ccccc3n2C1c1cc(F)cc(F)c1. The Morgan fingerprint density at radius 2 is 1.88 bits per heavy atom. The second kappa shape index (κ2) is 5.94. The largest absolute Gasteiger partial charge is 0.466 e. The molecule has 1 N–H and O–H groups in total. The number of fused-ring (bicyclic) bond motifs is 3. The highest BCUT2D eigenvalue weighted by atomic mass is 19.1. The molecule has 0 radical (unpaired) electrons. The van der Waals surface area contributed by atoms with E-state index in [1.165, 1.54) is 19.2 Å². The van der Waals surface area contributed by atoms with Gasteiger partial charge in [0.15, 0.2) is 0 Å². The van der Waals surface area contributed by atoms with Crippen molar-refractivity contribution >= 4 is 23.0 Å². The number of nitrogens with zero attached hydrogens (tertiary/aromatic N) is 2. The zero-order valence-electron chi connectivity index (χ0n) is 14.1. The molecule has 0 saturated carbocycles. The number of imidazole rings is 1. The third kappa shape index (κ3) is 2.44. The van der Waals surface area contributed by atoms with E-state index in [0.29, 0.717) is 22.7 Å². The summed E-state index contributed by atoms with van der Waals surface area (Å²) in [5, 5.41) is 3.09. The first kappa shape index (κ1) is 16.3. The Morgan fingerprint density at radius 3 is 2.58 bits per heavy atom. The van der Waals surface area contributed by atoms with Crippen LogP contribution in [0.15, 0.2) is 53.7 Å². The van der Waals surface area contributed by atoms with Crippen molar-refractivity contribution in [3.8, 4) is 0 Å². The molecule has 0 amide bonds. The van der Waals surface area contributed by atoms with E-state index in [1.807, 2.05) is 24.3 Å². The molecule has 7 heteroatoms. The van der Waals surface area contributed by atoms with Gasteiger partial charge in [0, 0.05) is 11.8 Å². The van der Waals surface area contributed by atoms with E-state index in [1.54, 1.807) is 11.5 Å². The number of ether oxygens (including phenoxy) is 1. The van der Waals surface area contributed by atoms with Crippen LogP contribution in [0.5, 0.6) is 0 Å². The molecule has 3 aromatic rings. The molecule has 132 valence electrons. The number of methoxy groups -OCH3 is 1. The van der Waals surface area contributed by atoms with Crippen LogP contribution in [0.3, 0.4) is 0 Å². The van der Waals surface area contributed by atoms with Crippen LogP contribution < -0.4 is 5.32 Å². The average molecular weight is 355 g/mol. The molecule has 1 unspecified atom stereocenters. The van der Waals surface area contributed by atoms with E-state index in [4.69, 9.17) is 4.74 Å². The van der Waals surface area contributed by atoms with E-state index in [-0.39, 0.29) is 5.57 Å². The second-order valence-corrected chi connectivity index (χ2v) is 6.05. The maximum Gasteiger partial charge on any atom is 0.337 e. The number of rotatable bonds is 2. The number of carbonyl (C=O) groups excluding carboxylic acids is 1. The molecule has 4 rings (SSSR count). The van der Waals surface area contributed by atoms with Gasteiger partial charge in [0.25, 0.3) is 0 Å². The molecule has 1 atom stereocenters. The lowest BCUT2D eigenvalue weighted by Gasteiger charge is -2.30. The van der Waals surface area contributed by atoms with Crippen molar-refractivity contribution in [2.45, 2.75) is 13.0 Å². The Bertz CT molecular complexity index is 1050. The van der Waals surface area contributed by atoms with Crippen molar-refractivity contribution in [1.29, 1.82) is 0 Å². The van der Waals surface area contributed by atoms with E-state index < -0.39 is 23.6 Å². The van der Waals surface area contributed by atoms with Crippen molar-refractivity contribution in [2.75, 3.05) is 12.4 Å². The van der Waals surface area contributed by atoms with E-state index in [9.17, 15) is 13.6 Å². The zero-order chi connectivity index (χ0) is 18.4. The highest BCUT2D eigenvalue weighted by Gasteiger charge is 2.35. The van der Waals surface area contributed by atoms with Gasteiger partial charge in [-0.3, -0.25) is 4.57 Å². The normalized spacial score (nSPS) is 16.4. The number of halogens is 2. The van der Waals surface area contributed by atoms with Crippen LogP contribution in [0.25, 0.3) is 11.0 Å². The Balaban J connectivity index is 2.04. The summed E-state index contributed by atoms with van der Waals surface area (Å²) in [5.74, 6) is -1.52. The van der Waals surface area contributed by atoms with Crippen molar-refractivity contribution in [2.24, 2.45) is 0 Å². The number of hydrogen-bond donors (Lipinski definition) is 1. The number of carbonyl (C=O) groups is 1. The van der Waals surface area contributed by atoms with Crippen LogP contribution in [0, 0.1) is 11.6 Å². The van der Waals surface area contributed by atoms with Crippen LogP contribution in [-0.2, 0) is 9.53 Å². The molecule has 2 heterocycles. The molecule has 26 heavy (non-hydrogen) atoms. The fourth-order valence-electron chi connectivity index (χ4n) is 3.39. The lowest BCUT2D eigenvalue weighted by Crippen LogP contribution is -2.28. The minimum atomic E-state index is -0.767. The second-order valence-electron chi connectivity index (χ2n) is 6.05. The minimum absolute atomic E-state index is 0.271. The van der Waals surface area contributed by atoms with Crippen molar-refractivity contribution < 1.29 is 18.3 Å². The fraction of sp³-hybridized carbons (Fsp3) is 0.158. The maximum absolute atomic E-state index is 13.9. The summed E-state index contributed by atoms with van der Waals surface area (Å²) >= 11 is 0. The van der Waals surface area contributed by atoms with E-state index in [0.717, 1.165) is 11.6 Å². The van der Waals surface area contributed by atoms with Crippen LogP contribution in [0.2, 0.25) is 0 Å². The summed E-state index contributed by atoms with van der Waals surface area (Å²) in [4.78, 5) is 17.0. The number of anilines is 1. The van der Waals surface area contributed by atoms with Gasteiger partial charge in [0.1, 0.15) is 11.6 Å². The van der Waals surface area contributed by atoms with Gasteiger partial charge in [0.2, 0.25) is 5.95 Å². The molecular weight excluding hydrogens is 340 g/mol. The number of benzene rings is 2. The lowest BCUT2D eigenvalue weighted by molar-refractivity contribution is -0.136. The van der Waals surface area contributed by atoms with Gasteiger partial charge in [-0.15, -0.1) is 0 Å². The van der Waals surface area contributed by atoms with Gasteiger partial charge in [0.05, 0.1) is 29.8 Å². The molecule has 2 aromatic carbocycles. The summed E-state index contributed by atoms with van der Waals surface area (Å²) in [7, 11) is 1.27. The van der Waals surface area contributed by atoms with Crippen molar-refractivity contribution in [3.05, 3.63) is 70.9 Å². The highest BCUT2D eigenvalue weighted by Crippen LogP contribution is 2.39. The van der Waals surface area contributed by atoms with Gasteiger partial charge in [-0.2, -0.15) is 0 Å². The standard InChI is InChI=1S/C19H15F2N3O2/c1-10-16(18(25)26-2)17(11-7-12(20)9-13(21)8-11)24-15-6-4-3-5-14(15)23-19(24)22-10/h3-9,17H,1-2H3,(H,22,23). The molecule has 5 nitrogen and oxygen atoms in total. The van der Waals surface area contributed by atoms with Gasteiger partial charge < -0.3 is 10.1 Å². The van der Waals surface area contributed by atoms with E-state index >= 15 is 0 Å². The summed E-state index contributed by atoms with van der Waals surface area (Å²) in [6.45, 7) is 1.71. The number of aromatic nitrogens is 2. The van der Waals surface area contributed by atoms with Gasteiger partial charge in [-0.1, -0.05) is 12.1 Å². The van der Waals surface area contributed by atoms with Crippen LogP contribution in [-0.4, -0.2) is 22.6 Å².